The number of aryl methyl sites for hydroxylation is 1. The first-order chi connectivity index (χ1) is 13.0. The molecule has 0 radical (unpaired) electrons. The fourth-order valence-corrected chi connectivity index (χ4v) is 2.88. The SMILES string of the molecule is Cc1ccc(-c2nc3cc(NC(=O)c4ccccc4F)ccc3o2)cc1Cl. The predicted octanol–water partition coefficient (Wildman–Crippen LogP) is 5.85. The van der Waals surface area contributed by atoms with Gasteiger partial charge in [-0.25, -0.2) is 9.37 Å². The van der Waals surface area contributed by atoms with Gasteiger partial charge in [0.15, 0.2) is 5.58 Å². The fourth-order valence-electron chi connectivity index (χ4n) is 2.70. The van der Waals surface area contributed by atoms with Crippen molar-refractivity contribution in [3.05, 3.63) is 82.6 Å². The maximum Gasteiger partial charge on any atom is 0.258 e. The Bertz CT molecular complexity index is 1170. The summed E-state index contributed by atoms with van der Waals surface area (Å²) >= 11 is 6.17. The van der Waals surface area contributed by atoms with Gasteiger partial charge in [-0.2, -0.15) is 0 Å². The first kappa shape index (κ1) is 17.2. The summed E-state index contributed by atoms with van der Waals surface area (Å²) in [7, 11) is 0. The molecule has 0 saturated carbocycles. The number of carbonyl (C=O) groups excluding carboxylic acids is 1. The summed E-state index contributed by atoms with van der Waals surface area (Å²) in [6, 6.07) is 16.5. The van der Waals surface area contributed by atoms with Crippen LogP contribution in [-0.2, 0) is 0 Å². The van der Waals surface area contributed by atoms with Gasteiger partial charge in [0.2, 0.25) is 5.89 Å². The van der Waals surface area contributed by atoms with Crippen molar-refractivity contribution in [2.24, 2.45) is 0 Å². The summed E-state index contributed by atoms with van der Waals surface area (Å²) in [6.45, 7) is 1.92. The van der Waals surface area contributed by atoms with Crippen LogP contribution in [0.25, 0.3) is 22.6 Å². The zero-order valence-electron chi connectivity index (χ0n) is 14.3. The number of anilines is 1. The zero-order valence-corrected chi connectivity index (χ0v) is 15.0. The molecule has 0 bridgehead atoms. The van der Waals surface area contributed by atoms with Crippen LogP contribution >= 0.6 is 11.6 Å². The Morgan fingerprint density at radius 1 is 1.11 bits per heavy atom. The topological polar surface area (TPSA) is 55.1 Å². The van der Waals surface area contributed by atoms with E-state index in [0.29, 0.717) is 27.7 Å². The minimum Gasteiger partial charge on any atom is -0.436 e. The Labute approximate surface area is 159 Å². The molecule has 0 unspecified atom stereocenters. The molecular formula is C21H14ClFN2O2. The highest BCUT2D eigenvalue weighted by molar-refractivity contribution is 6.31. The lowest BCUT2D eigenvalue weighted by Gasteiger charge is -2.05. The highest BCUT2D eigenvalue weighted by Gasteiger charge is 2.13. The van der Waals surface area contributed by atoms with Crippen LogP contribution in [0, 0.1) is 12.7 Å². The molecule has 0 aliphatic rings. The Morgan fingerprint density at radius 3 is 2.70 bits per heavy atom. The van der Waals surface area contributed by atoms with E-state index in [1.165, 1.54) is 18.2 Å². The lowest BCUT2D eigenvalue weighted by Crippen LogP contribution is -2.13. The first-order valence-corrected chi connectivity index (χ1v) is 8.62. The number of amides is 1. The summed E-state index contributed by atoms with van der Waals surface area (Å²) in [5, 5.41) is 3.31. The molecule has 0 saturated heterocycles. The van der Waals surface area contributed by atoms with Gasteiger partial charge in [0.25, 0.3) is 5.91 Å². The molecule has 0 aliphatic heterocycles. The number of fused-ring (bicyclic) bond motifs is 1. The molecule has 0 atom stereocenters. The summed E-state index contributed by atoms with van der Waals surface area (Å²) < 4.78 is 19.5. The van der Waals surface area contributed by atoms with E-state index in [-0.39, 0.29) is 5.56 Å². The second kappa shape index (κ2) is 6.85. The number of benzene rings is 3. The standard InChI is InChI=1S/C21H14ClFN2O2/c1-12-6-7-13(10-16(12)22)21-25-18-11-14(8-9-19(18)27-21)24-20(26)15-4-2-3-5-17(15)23/h2-11H,1H3,(H,24,26). The highest BCUT2D eigenvalue weighted by atomic mass is 35.5. The van der Waals surface area contributed by atoms with E-state index in [1.54, 1.807) is 30.3 Å². The lowest BCUT2D eigenvalue weighted by atomic mass is 10.1. The third-order valence-corrected chi connectivity index (χ3v) is 4.59. The third kappa shape index (κ3) is 3.41. The van der Waals surface area contributed by atoms with Crippen molar-refractivity contribution in [1.82, 2.24) is 4.98 Å². The minimum atomic E-state index is -0.573. The molecule has 0 aliphatic carbocycles. The van der Waals surface area contributed by atoms with Crippen LogP contribution in [0.1, 0.15) is 15.9 Å². The van der Waals surface area contributed by atoms with Crippen LogP contribution in [-0.4, -0.2) is 10.9 Å². The molecular weight excluding hydrogens is 367 g/mol. The van der Waals surface area contributed by atoms with Crippen molar-refractivity contribution in [2.45, 2.75) is 6.92 Å². The van der Waals surface area contributed by atoms with E-state index in [1.807, 2.05) is 19.1 Å². The highest BCUT2D eigenvalue weighted by Crippen LogP contribution is 2.29. The maximum atomic E-state index is 13.7. The Balaban J connectivity index is 1.64. The number of rotatable bonds is 3. The quantitative estimate of drug-likeness (QED) is 0.485. The van der Waals surface area contributed by atoms with Gasteiger partial charge in [-0.3, -0.25) is 4.79 Å². The molecule has 1 amide bonds. The molecule has 4 nitrogen and oxygen atoms in total. The predicted molar refractivity (Wildman–Crippen MR) is 104 cm³/mol. The number of hydrogen-bond acceptors (Lipinski definition) is 3. The number of carbonyl (C=O) groups is 1. The average Bonchev–Trinajstić information content (AvgIpc) is 3.07. The number of nitrogens with zero attached hydrogens (tertiary/aromatic N) is 1. The van der Waals surface area contributed by atoms with Gasteiger partial charge in [-0.1, -0.05) is 29.8 Å². The van der Waals surface area contributed by atoms with E-state index in [2.05, 4.69) is 10.3 Å². The second-order valence-electron chi connectivity index (χ2n) is 6.10. The van der Waals surface area contributed by atoms with Gasteiger partial charge < -0.3 is 9.73 Å². The largest absolute Gasteiger partial charge is 0.436 e. The average molecular weight is 381 g/mol. The second-order valence-corrected chi connectivity index (χ2v) is 6.51. The molecule has 0 fully saturated rings. The molecule has 134 valence electrons. The zero-order chi connectivity index (χ0) is 19.0. The van der Waals surface area contributed by atoms with Crippen molar-refractivity contribution in [3.63, 3.8) is 0 Å². The molecule has 27 heavy (non-hydrogen) atoms. The van der Waals surface area contributed by atoms with Gasteiger partial charge in [0, 0.05) is 16.3 Å². The molecule has 3 aromatic carbocycles. The van der Waals surface area contributed by atoms with E-state index in [0.717, 1.165) is 11.1 Å². The van der Waals surface area contributed by atoms with Gasteiger partial charge >= 0.3 is 0 Å². The van der Waals surface area contributed by atoms with Crippen LogP contribution in [0.4, 0.5) is 10.1 Å². The van der Waals surface area contributed by atoms with Crippen LogP contribution in [0.15, 0.2) is 65.1 Å². The van der Waals surface area contributed by atoms with Crippen molar-refractivity contribution >= 4 is 34.3 Å². The van der Waals surface area contributed by atoms with Crippen LogP contribution in [0.3, 0.4) is 0 Å². The lowest BCUT2D eigenvalue weighted by molar-refractivity contribution is 0.102. The molecule has 1 N–H and O–H groups in total. The first-order valence-electron chi connectivity index (χ1n) is 8.24. The van der Waals surface area contributed by atoms with Gasteiger partial charge in [-0.15, -0.1) is 0 Å². The number of aromatic nitrogens is 1. The molecule has 6 heteroatoms. The third-order valence-electron chi connectivity index (χ3n) is 4.18. The number of oxazole rings is 1. The summed E-state index contributed by atoms with van der Waals surface area (Å²) in [4.78, 5) is 16.7. The summed E-state index contributed by atoms with van der Waals surface area (Å²) in [5.41, 5.74) is 3.36. The number of nitrogens with one attached hydrogen (secondary N) is 1. The van der Waals surface area contributed by atoms with Gasteiger partial charge in [0.05, 0.1) is 5.56 Å². The normalized spacial score (nSPS) is 10.9. The summed E-state index contributed by atoms with van der Waals surface area (Å²) in [6.07, 6.45) is 0. The Kier molecular flexibility index (Phi) is 4.38. The number of halogens is 2. The van der Waals surface area contributed by atoms with E-state index in [9.17, 15) is 9.18 Å². The van der Waals surface area contributed by atoms with Crippen molar-refractivity contribution < 1.29 is 13.6 Å². The smallest absolute Gasteiger partial charge is 0.258 e. The minimum absolute atomic E-state index is 0.0206. The van der Waals surface area contributed by atoms with Crippen LogP contribution in [0.2, 0.25) is 5.02 Å². The van der Waals surface area contributed by atoms with E-state index >= 15 is 0 Å². The number of hydrogen-bond donors (Lipinski definition) is 1. The Morgan fingerprint density at radius 2 is 1.93 bits per heavy atom. The molecule has 4 rings (SSSR count). The molecule has 0 spiro atoms. The van der Waals surface area contributed by atoms with E-state index in [4.69, 9.17) is 16.0 Å². The van der Waals surface area contributed by atoms with Crippen molar-refractivity contribution in [2.75, 3.05) is 5.32 Å². The van der Waals surface area contributed by atoms with E-state index < -0.39 is 11.7 Å². The van der Waals surface area contributed by atoms with Crippen molar-refractivity contribution in [1.29, 1.82) is 0 Å². The maximum absolute atomic E-state index is 13.7. The molecule has 4 aromatic rings. The van der Waals surface area contributed by atoms with Crippen molar-refractivity contribution in [3.8, 4) is 11.5 Å². The van der Waals surface area contributed by atoms with Crippen LogP contribution in [0.5, 0.6) is 0 Å². The molecule has 1 heterocycles. The van der Waals surface area contributed by atoms with Crippen LogP contribution < -0.4 is 5.32 Å². The van der Waals surface area contributed by atoms with Gasteiger partial charge in [-0.05, 0) is 55.0 Å². The molecule has 1 aromatic heterocycles. The monoisotopic (exact) mass is 380 g/mol. The Hall–Kier alpha value is -3.18. The fraction of sp³-hybridized carbons (Fsp3) is 0.0476. The van der Waals surface area contributed by atoms with Gasteiger partial charge in [0.1, 0.15) is 11.3 Å². The summed E-state index contributed by atoms with van der Waals surface area (Å²) in [5.74, 6) is -0.665.